The second kappa shape index (κ2) is 3.91. The van der Waals surface area contributed by atoms with Crippen molar-refractivity contribution in [2.75, 3.05) is 0 Å². The average Bonchev–Trinajstić information content (AvgIpc) is 2.05. The first-order valence-electron chi connectivity index (χ1n) is 4.64. The van der Waals surface area contributed by atoms with Crippen LogP contribution < -0.4 is 0 Å². The molecule has 2 N–H and O–H groups in total. The second-order valence-electron chi connectivity index (χ2n) is 3.56. The van der Waals surface area contributed by atoms with Gasteiger partial charge in [0.25, 0.3) is 0 Å². The van der Waals surface area contributed by atoms with Crippen LogP contribution in [-0.2, 0) is 0 Å². The summed E-state index contributed by atoms with van der Waals surface area (Å²) in [5, 5.41) is 7.52. The molecule has 0 aromatic carbocycles. The smallest absolute Gasteiger partial charge is 0.157 e. The van der Waals surface area contributed by atoms with Crippen LogP contribution in [0.25, 0.3) is 0 Å². The van der Waals surface area contributed by atoms with Gasteiger partial charge in [0.15, 0.2) is 6.10 Å². The summed E-state index contributed by atoms with van der Waals surface area (Å²) >= 11 is 0. The van der Waals surface area contributed by atoms with E-state index in [0.29, 0.717) is 0 Å². The molecule has 0 aromatic rings. The van der Waals surface area contributed by atoms with Gasteiger partial charge in [0.05, 0.1) is 0 Å². The van der Waals surface area contributed by atoms with Crippen LogP contribution in [0.1, 0.15) is 39.5 Å². The fraction of sp³-hybridized carbons (Fsp3) is 0.800. The minimum atomic E-state index is 0.183. The van der Waals surface area contributed by atoms with Gasteiger partial charge in [-0.1, -0.05) is 25.5 Å². The van der Waals surface area contributed by atoms with Crippen molar-refractivity contribution in [3.8, 4) is 0 Å². The zero-order valence-corrected chi connectivity index (χ0v) is 7.56. The minimum absolute atomic E-state index is 0.183. The van der Waals surface area contributed by atoms with E-state index in [0.717, 1.165) is 18.8 Å². The Morgan fingerprint density at radius 3 is 2.91 bits per heavy atom. The molecule has 0 aromatic heterocycles. The van der Waals surface area contributed by atoms with Crippen molar-refractivity contribution in [3.63, 3.8) is 0 Å². The summed E-state index contributed by atoms with van der Waals surface area (Å²) in [7, 11) is 0. The molecular weight excluding hydrogens is 136 g/mol. The van der Waals surface area contributed by atoms with Crippen LogP contribution in [0, 0.1) is 5.92 Å². The standard InChI is InChI=1S/C10H18O/c1-3-8(2)9-4-6-10(11)7-5-9/h4,8,10-11H,3,5-7H2,1-2H3/p+1. The lowest BCUT2D eigenvalue weighted by atomic mass is 9.88. The first-order valence-corrected chi connectivity index (χ1v) is 4.64. The van der Waals surface area contributed by atoms with E-state index in [-0.39, 0.29) is 6.10 Å². The first kappa shape index (κ1) is 8.79. The highest BCUT2D eigenvalue weighted by molar-refractivity contribution is 5.09. The van der Waals surface area contributed by atoms with Crippen molar-refractivity contribution in [3.05, 3.63) is 11.6 Å². The Morgan fingerprint density at radius 1 is 1.73 bits per heavy atom. The summed E-state index contributed by atoms with van der Waals surface area (Å²) in [4.78, 5) is 0. The summed E-state index contributed by atoms with van der Waals surface area (Å²) < 4.78 is 0. The molecule has 11 heavy (non-hydrogen) atoms. The van der Waals surface area contributed by atoms with Gasteiger partial charge in [0.1, 0.15) is 0 Å². The Labute approximate surface area is 69.1 Å². The highest BCUT2D eigenvalue weighted by Crippen LogP contribution is 2.25. The number of hydrogen-bond donors (Lipinski definition) is 0. The van der Waals surface area contributed by atoms with E-state index in [1.165, 1.54) is 12.8 Å². The maximum atomic E-state index is 7.52. The quantitative estimate of drug-likeness (QED) is 0.431. The van der Waals surface area contributed by atoms with Crippen molar-refractivity contribution in [1.29, 1.82) is 0 Å². The van der Waals surface area contributed by atoms with Gasteiger partial charge in [-0.25, -0.2) is 0 Å². The van der Waals surface area contributed by atoms with Crippen molar-refractivity contribution in [2.45, 2.75) is 45.6 Å². The summed E-state index contributed by atoms with van der Waals surface area (Å²) in [5.41, 5.74) is 1.59. The van der Waals surface area contributed by atoms with Crippen LogP contribution in [0.2, 0.25) is 0 Å². The van der Waals surface area contributed by atoms with E-state index in [2.05, 4.69) is 19.9 Å². The third kappa shape index (κ3) is 2.33. The van der Waals surface area contributed by atoms with Crippen LogP contribution in [0.4, 0.5) is 0 Å². The number of rotatable bonds is 2. The molecule has 64 valence electrons. The molecule has 1 rings (SSSR count). The van der Waals surface area contributed by atoms with E-state index in [1.807, 2.05) is 0 Å². The Morgan fingerprint density at radius 2 is 2.45 bits per heavy atom. The van der Waals surface area contributed by atoms with Crippen LogP contribution in [0.3, 0.4) is 0 Å². The van der Waals surface area contributed by atoms with Gasteiger partial charge in [0, 0.05) is 12.8 Å². The summed E-state index contributed by atoms with van der Waals surface area (Å²) in [6.45, 7) is 4.52. The molecular formula is C10H19O+. The Kier molecular flexibility index (Phi) is 3.13. The van der Waals surface area contributed by atoms with Crippen molar-refractivity contribution in [1.82, 2.24) is 0 Å². The topological polar surface area (TPSA) is 22.9 Å². The van der Waals surface area contributed by atoms with Gasteiger partial charge in [-0.2, -0.15) is 0 Å². The van der Waals surface area contributed by atoms with Gasteiger partial charge < -0.3 is 5.11 Å². The monoisotopic (exact) mass is 155 g/mol. The molecule has 0 amide bonds. The highest BCUT2D eigenvalue weighted by Gasteiger charge is 2.17. The molecule has 0 heterocycles. The van der Waals surface area contributed by atoms with Crippen molar-refractivity contribution < 1.29 is 5.11 Å². The molecule has 1 aliphatic carbocycles. The van der Waals surface area contributed by atoms with Crippen molar-refractivity contribution >= 4 is 0 Å². The van der Waals surface area contributed by atoms with E-state index < -0.39 is 0 Å². The van der Waals surface area contributed by atoms with Gasteiger partial charge in [-0.15, -0.1) is 0 Å². The molecule has 2 unspecified atom stereocenters. The lowest BCUT2D eigenvalue weighted by Crippen LogP contribution is -2.13. The number of hydrogen-bond acceptors (Lipinski definition) is 0. The average molecular weight is 155 g/mol. The zero-order chi connectivity index (χ0) is 8.27. The van der Waals surface area contributed by atoms with E-state index >= 15 is 0 Å². The predicted octanol–water partition coefficient (Wildman–Crippen LogP) is 2.24. The third-order valence-corrected chi connectivity index (χ3v) is 2.69. The molecule has 1 nitrogen and oxygen atoms in total. The Balaban J connectivity index is 2.47. The van der Waals surface area contributed by atoms with Crippen molar-refractivity contribution in [2.24, 2.45) is 5.92 Å². The SMILES string of the molecule is CCC(C)C1=CCC([OH2+])CC1. The van der Waals surface area contributed by atoms with Gasteiger partial charge in [0.2, 0.25) is 0 Å². The fourth-order valence-electron chi connectivity index (χ4n) is 1.56. The molecule has 0 spiro atoms. The Bertz CT molecular complexity index is 149. The molecule has 0 bridgehead atoms. The van der Waals surface area contributed by atoms with Gasteiger partial charge in [-0.05, 0) is 18.8 Å². The molecule has 0 saturated heterocycles. The van der Waals surface area contributed by atoms with E-state index in [9.17, 15) is 0 Å². The molecule has 1 heteroatoms. The second-order valence-corrected chi connectivity index (χ2v) is 3.56. The normalized spacial score (nSPS) is 27.9. The van der Waals surface area contributed by atoms with E-state index in [4.69, 9.17) is 5.11 Å². The summed E-state index contributed by atoms with van der Waals surface area (Å²) in [6, 6.07) is 0. The lowest BCUT2D eigenvalue weighted by molar-refractivity contribution is 0.160. The largest absolute Gasteiger partial charge is 0.443 e. The maximum Gasteiger partial charge on any atom is 0.157 e. The minimum Gasteiger partial charge on any atom is -0.443 e. The van der Waals surface area contributed by atoms with Gasteiger partial charge in [-0.3, -0.25) is 0 Å². The third-order valence-electron chi connectivity index (χ3n) is 2.69. The van der Waals surface area contributed by atoms with Crippen LogP contribution in [0.15, 0.2) is 11.6 Å². The maximum absolute atomic E-state index is 7.52. The zero-order valence-electron chi connectivity index (χ0n) is 7.56. The molecule has 0 radical (unpaired) electrons. The number of allylic oxidation sites excluding steroid dienone is 1. The molecule has 2 atom stereocenters. The summed E-state index contributed by atoms with van der Waals surface area (Å²) in [5.74, 6) is 0.752. The molecule has 1 aliphatic rings. The first-order chi connectivity index (χ1) is 5.24. The Hall–Kier alpha value is -0.300. The molecule has 0 saturated carbocycles. The molecule has 0 fully saturated rings. The highest BCUT2D eigenvalue weighted by atomic mass is 16.3. The lowest BCUT2D eigenvalue weighted by Gasteiger charge is -2.19. The predicted molar refractivity (Wildman–Crippen MR) is 48.8 cm³/mol. The van der Waals surface area contributed by atoms with Gasteiger partial charge >= 0.3 is 0 Å². The summed E-state index contributed by atoms with van der Waals surface area (Å²) in [6.07, 6.45) is 6.95. The van der Waals surface area contributed by atoms with Crippen LogP contribution >= 0.6 is 0 Å². The van der Waals surface area contributed by atoms with E-state index in [1.54, 1.807) is 5.57 Å². The molecule has 0 aliphatic heterocycles. The van der Waals surface area contributed by atoms with Crippen LogP contribution in [-0.4, -0.2) is 11.2 Å². The van der Waals surface area contributed by atoms with Crippen LogP contribution in [0.5, 0.6) is 0 Å². The fourth-order valence-corrected chi connectivity index (χ4v) is 1.56.